The van der Waals surface area contributed by atoms with Crippen LogP contribution in [0.15, 0.2) is 42.5 Å². The minimum atomic E-state index is -1.18. The number of terminal acetylenes is 1. The van der Waals surface area contributed by atoms with Crippen LogP contribution in [-0.2, 0) is 20.7 Å². The highest BCUT2D eigenvalue weighted by Gasteiger charge is 2.36. The topological polar surface area (TPSA) is 87.7 Å². The second-order valence-electron chi connectivity index (χ2n) is 10.6. The zero-order valence-electron chi connectivity index (χ0n) is 23.2. The average Bonchev–Trinajstić information content (AvgIpc) is 2.82. The van der Waals surface area contributed by atoms with E-state index in [1.54, 1.807) is 45.0 Å². The van der Waals surface area contributed by atoms with E-state index in [1.165, 1.54) is 0 Å². The van der Waals surface area contributed by atoms with Gasteiger partial charge in [0.1, 0.15) is 17.7 Å². The molecule has 3 amide bonds. The van der Waals surface area contributed by atoms with Crippen LogP contribution in [0.4, 0.5) is 10.5 Å². The van der Waals surface area contributed by atoms with E-state index in [9.17, 15) is 14.4 Å². The van der Waals surface area contributed by atoms with E-state index in [2.05, 4.69) is 16.7 Å². The lowest BCUT2D eigenvalue weighted by Gasteiger charge is -2.31. The number of carbonyl (C=O) groups excluding carboxylic acids is 3. The molecular weight excluding hydrogens is 502 g/mol. The van der Waals surface area contributed by atoms with Crippen molar-refractivity contribution in [1.82, 2.24) is 10.2 Å². The molecule has 0 radical (unpaired) electrons. The first-order chi connectivity index (χ1) is 17.8. The number of carbonyl (C=O) groups is 3. The maximum absolute atomic E-state index is 13.8. The minimum Gasteiger partial charge on any atom is -0.444 e. The van der Waals surface area contributed by atoms with Crippen LogP contribution in [0.1, 0.15) is 70.7 Å². The number of hydrogen-bond acceptors (Lipinski definition) is 4. The quantitative estimate of drug-likeness (QED) is 0.291. The van der Waals surface area contributed by atoms with Crippen molar-refractivity contribution in [1.29, 1.82) is 0 Å². The summed E-state index contributed by atoms with van der Waals surface area (Å²) < 4.78 is 5.37. The molecule has 2 atom stereocenters. The fraction of sp³-hybridized carbons (Fsp3) is 0.433. The zero-order valence-corrected chi connectivity index (χ0v) is 24.0. The number of amides is 3. The van der Waals surface area contributed by atoms with E-state index in [0.29, 0.717) is 22.7 Å². The summed E-state index contributed by atoms with van der Waals surface area (Å²) in [5, 5.41) is 5.87. The fourth-order valence-corrected chi connectivity index (χ4v) is 4.18. The normalized spacial score (nSPS) is 12.7. The Bertz CT molecular complexity index is 1160. The van der Waals surface area contributed by atoms with Crippen LogP contribution in [0.25, 0.3) is 0 Å². The van der Waals surface area contributed by atoms with E-state index >= 15 is 0 Å². The first kappa shape index (κ1) is 30.7. The second kappa shape index (κ2) is 13.3. The van der Waals surface area contributed by atoms with Gasteiger partial charge in [-0.2, -0.15) is 0 Å². The van der Waals surface area contributed by atoms with Gasteiger partial charge in [0.25, 0.3) is 11.8 Å². The van der Waals surface area contributed by atoms with Crippen LogP contribution >= 0.6 is 11.6 Å². The molecule has 0 spiro atoms. The third-order valence-corrected chi connectivity index (χ3v) is 6.07. The predicted octanol–water partition coefficient (Wildman–Crippen LogP) is 6.25. The molecule has 2 aromatic rings. The van der Waals surface area contributed by atoms with E-state index in [4.69, 9.17) is 22.8 Å². The Morgan fingerprint density at radius 1 is 1.11 bits per heavy atom. The van der Waals surface area contributed by atoms with Crippen molar-refractivity contribution >= 4 is 35.2 Å². The SMILES string of the molecule is C#CN(C(=O)C(CC(C)C)NC(=O)OC(C)(C)C)C(C(=O)Nc1c(C)cccc1Cl)c1ccc(CC)cc1. The summed E-state index contributed by atoms with van der Waals surface area (Å²) in [5.41, 5.74) is 2.03. The number of para-hydroxylation sites is 1. The molecule has 2 N–H and O–H groups in total. The van der Waals surface area contributed by atoms with Crippen molar-refractivity contribution in [3.05, 3.63) is 64.2 Å². The number of rotatable bonds is 9. The lowest BCUT2D eigenvalue weighted by Crippen LogP contribution is -2.51. The Balaban J connectivity index is 2.51. The van der Waals surface area contributed by atoms with Crippen LogP contribution in [0.2, 0.25) is 5.02 Å². The van der Waals surface area contributed by atoms with Crippen molar-refractivity contribution in [3.63, 3.8) is 0 Å². The van der Waals surface area contributed by atoms with Gasteiger partial charge < -0.3 is 15.4 Å². The molecule has 0 saturated heterocycles. The lowest BCUT2D eigenvalue weighted by molar-refractivity contribution is -0.137. The summed E-state index contributed by atoms with van der Waals surface area (Å²) in [6.45, 7) is 12.9. The van der Waals surface area contributed by atoms with Crippen LogP contribution in [-0.4, -0.2) is 34.5 Å². The Morgan fingerprint density at radius 3 is 2.24 bits per heavy atom. The number of aryl methyl sites for hydroxylation is 2. The molecule has 2 unspecified atom stereocenters. The maximum Gasteiger partial charge on any atom is 0.408 e. The second-order valence-corrected chi connectivity index (χ2v) is 11.0. The van der Waals surface area contributed by atoms with E-state index < -0.39 is 35.6 Å². The van der Waals surface area contributed by atoms with Gasteiger partial charge in [0, 0.05) is 6.04 Å². The first-order valence-electron chi connectivity index (χ1n) is 12.7. The number of alkyl carbamates (subject to hydrolysis) is 1. The maximum atomic E-state index is 13.8. The van der Waals surface area contributed by atoms with E-state index in [1.807, 2.05) is 45.9 Å². The van der Waals surface area contributed by atoms with Crippen LogP contribution < -0.4 is 10.6 Å². The highest BCUT2D eigenvalue weighted by molar-refractivity contribution is 6.34. The molecule has 0 heterocycles. The molecule has 0 bridgehead atoms. The van der Waals surface area contributed by atoms with Gasteiger partial charge in [-0.15, -0.1) is 0 Å². The molecule has 0 aliphatic heterocycles. The van der Waals surface area contributed by atoms with Gasteiger partial charge in [-0.1, -0.05) is 75.2 Å². The summed E-state index contributed by atoms with van der Waals surface area (Å²) in [6, 6.07) is 12.8. The van der Waals surface area contributed by atoms with Gasteiger partial charge in [-0.05, 0) is 69.2 Å². The van der Waals surface area contributed by atoms with Crippen LogP contribution in [0, 0.1) is 25.3 Å². The summed E-state index contributed by atoms with van der Waals surface area (Å²) >= 11 is 6.36. The van der Waals surface area contributed by atoms with Gasteiger partial charge in [0.15, 0.2) is 0 Å². The van der Waals surface area contributed by atoms with Crippen molar-refractivity contribution in [2.75, 3.05) is 5.32 Å². The van der Waals surface area contributed by atoms with Crippen molar-refractivity contribution in [3.8, 4) is 12.5 Å². The van der Waals surface area contributed by atoms with Gasteiger partial charge in [0.05, 0.1) is 10.7 Å². The molecule has 204 valence electrons. The molecular formula is C30H38ClN3O4. The molecule has 0 fully saturated rings. The first-order valence-corrected chi connectivity index (χ1v) is 13.1. The smallest absolute Gasteiger partial charge is 0.408 e. The Labute approximate surface area is 231 Å². The van der Waals surface area contributed by atoms with Crippen LogP contribution in [0.3, 0.4) is 0 Å². The Morgan fingerprint density at radius 2 is 1.74 bits per heavy atom. The molecule has 0 aromatic heterocycles. The van der Waals surface area contributed by atoms with Crippen molar-refractivity contribution in [2.45, 2.75) is 79.0 Å². The molecule has 38 heavy (non-hydrogen) atoms. The monoisotopic (exact) mass is 539 g/mol. The van der Waals surface area contributed by atoms with Crippen molar-refractivity contribution < 1.29 is 19.1 Å². The Kier molecular flexibility index (Phi) is 10.8. The molecule has 0 aliphatic rings. The van der Waals surface area contributed by atoms with Gasteiger partial charge in [0.2, 0.25) is 0 Å². The van der Waals surface area contributed by atoms with Gasteiger partial charge >= 0.3 is 6.09 Å². The molecule has 2 aromatic carbocycles. The molecule has 7 nitrogen and oxygen atoms in total. The zero-order chi connectivity index (χ0) is 28.6. The number of nitrogens with zero attached hydrogens (tertiary/aromatic N) is 1. The molecule has 0 saturated carbocycles. The largest absolute Gasteiger partial charge is 0.444 e. The molecule has 8 heteroatoms. The minimum absolute atomic E-state index is 0.0420. The number of halogens is 1. The number of nitrogens with one attached hydrogen (secondary N) is 2. The number of ether oxygens (including phenoxy) is 1. The third kappa shape index (κ3) is 8.53. The van der Waals surface area contributed by atoms with Gasteiger partial charge in [-0.25, -0.2) is 4.79 Å². The molecule has 2 rings (SSSR count). The third-order valence-electron chi connectivity index (χ3n) is 5.75. The van der Waals surface area contributed by atoms with E-state index in [0.717, 1.165) is 22.4 Å². The highest BCUT2D eigenvalue weighted by atomic mass is 35.5. The number of benzene rings is 2. The number of hydrogen-bond donors (Lipinski definition) is 2. The van der Waals surface area contributed by atoms with Gasteiger partial charge in [-0.3, -0.25) is 14.5 Å². The number of anilines is 1. The summed E-state index contributed by atoms with van der Waals surface area (Å²) in [4.78, 5) is 41.2. The van der Waals surface area contributed by atoms with Crippen LogP contribution in [0.5, 0.6) is 0 Å². The standard InChI is InChI=1S/C30H38ClN3O4/c1-9-21-14-16-22(17-15-21)26(27(35)33-25-20(5)12-11-13-23(25)31)34(10-2)28(36)24(18-19(3)4)32-29(37)38-30(6,7)8/h2,11-17,19,24,26H,9,18H2,1,3-8H3,(H,32,37)(H,33,35). The summed E-state index contributed by atoms with van der Waals surface area (Å²) in [6.07, 6.45) is 6.23. The predicted molar refractivity (Wildman–Crippen MR) is 152 cm³/mol. The summed E-state index contributed by atoms with van der Waals surface area (Å²) in [5.74, 6) is -1.08. The molecule has 0 aliphatic carbocycles. The average molecular weight is 540 g/mol. The lowest BCUT2D eigenvalue weighted by atomic mass is 9.98. The highest BCUT2D eigenvalue weighted by Crippen LogP contribution is 2.29. The van der Waals surface area contributed by atoms with E-state index in [-0.39, 0.29) is 5.92 Å². The Hall–Kier alpha value is -3.50. The summed E-state index contributed by atoms with van der Waals surface area (Å²) in [7, 11) is 0. The van der Waals surface area contributed by atoms with Crippen molar-refractivity contribution in [2.24, 2.45) is 5.92 Å². The fourth-order valence-electron chi connectivity index (χ4n) is 3.91.